The Balaban J connectivity index is 1.61. The first-order valence-corrected chi connectivity index (χ1v) is 8.91. The summed E-state index contributed by atoms with van der Waals surface area (Å²) >= 11 is 1.20. The SMILES string of the molecule is COc1cc([N+](=O)[O-])cc(/C=N\NC(=O)CSc2nc3ccccc3[nH]2)c1O. The number of aromatic hydroxyl groups is 1. The molecule has 144 valence electrons. The van der Waals surface area contributed by atoms with Crippen LogP contribution in [0.15, 0.2) is 46.7 Å². The minimum atomic E-state index is -0.623. The summed E-state index contributed by atoms with van der Waals surface area (Å²) < 4.78 is 4.90. The largest absolute Gasteiger partial charge is 0.504 e. The predicted molar refractivity (Wildman–Crippen MR) is 104 cm³/mol. The third kappa shape index (κ3) is 4.38. The second-order valence-corrected chi connectivity index (χ2v) is 6.45. The number of aromatic nitrogens is 2. The van der Waals surface area contributed by atoms with Crippen LogP contribution in [-0.4, -0.2) is 45.0 Å². The Bertz CT molecular complexity index is 1030. The number of imidazole rings is 1. The van der Waals surface area contributed by atoms with Crippen molar-refractivity contribution in [1.29, 1.82) is 0 Å². The average molecular weight is 401 g/mol. The number of ether oxygens (including phenoxy) is 1. The van der Waals surface area contributed by atoms with Gasteiger partial charge in [-0.2, -0.15) is 5.10 Å². The van der Waals surface area contributed by atoms with Crippen molar-refractivity contribution in [2.75, 3.05) is 12.9 Å². The van der Waals surface area contributed by atoms with Gasteiger partial charge in [0.2, 0.25) is 0 Å². The van der Waals surface area contributed by atoms with E-state index in [0.717, 1.165) is 29.4 Å². The summed E-state index contributed by atoms with van der Waals surface area (Å²) in [5.41, 5.74) is 3.74. The van der Waals surface area contributed by atoms with Crippen molar-refractivity contribution in [2.24, 2.45) is 5.10 Å². The number of phenolic OH excluding ortho intramolecular Hbond substituents is 1. The number of hydrazone groups is 1. The molecule has 2 aromatic carbocycles. The summed E-state index contributed by atoms with van der Waals surface area (Å²) in [6.07, 6.45) is 1.11. The van der Waals surface area contributed by atoms with Crippen molar-refractivity contribution in [3.05, 3.63) is 52.1 Å². The van der Waals surface area contributed by atoms with Crippen LogP contribution >= 0.6 is 11.8 Å². The zero-order valence-corrected chi connectivity index (χ0v) is 15.4. The molecule has 1 heterocycles. The minimum absolute atomic E-state index is 0.0382. The van der Waals surface area contributed by atoms with E-state index >= 15 is 0 Å². The maximum atomic E-state index is 11.9. The molecule has 1 aromatic heterocycles. The number of nitro benzene ring substituents is 1. The van der Waals surface area contributed by atoms with Crippen LogP contribution in [0.1, 0.15) is 5.56 Å². The van der Waals surface area contributed by atoms with Gasteiger partial charge >= 0.3 is 0 Å². The van der Waals surface area contributed by atoms with E-state index < -0.39 is 10.8 Å². The van der Waals surface area contributed by atoms with Crippen LogP contribution in [-0.2, 0) is 4.79 Å². The van der Waals surface area contributed by atoms with Crippen LogP contribution in [0.3, 0.4) is 0 Å². The molecule has 3 N–H and O–H groups in total. The van der Waals surface area contributed by atoms with E-state index in [-0.39, 0.29) is 28.5 Å². The lowest BCUT2D eigenvalue weighted by molar-refractivity contribution is -0.385. The molecule has 0 spiro atoms. The standard InChI is InChI=1S/C17H15N5O5S/c1-27-14-7-11(22(25)26)6-10(16(14)24)8-18-21-15(23)9-28-17-19-12-4-2-3-5-13(12)20-17/h2-8,24H,9H2,1H3,(H,19,20)(H,21,23)/b18-8-. The van der Waals surface area contributed by atoms with Gasteiger partial charge in [-0.3, -0.25) is 14.9 Å². The normalized spacial score (nSPS) is 11.0. The Morgan fingerprint density at radius 2 is 2.25 bits per heavy atom. The number of hydrogen-bond acceptors (Lipinski definition) is 8. The minimum Gasteiger partial charge on any atom is -0.504 e. The number of nitrogens with one attached hydrogen (secondary N) is 2. The lowest BCUT2D eigenvalue weighted by Crippen LogP contribution is -2.19. The van der Waals surface area contributed by atoms with Gasteiger partial charge in [0.05, 0.1) is 41.1 Å². The molecule has 11 heteroatoms. The summed E-state index contributed by atoms with van der Waals surface area (Å²) in [5, 5.41) is 25.3. The molecule has 3 aromatic rings. The van der Waals surface area contributed by atoms with Crippen LogP contribution in [0.5, 0.6) is 11.5 Å². The fourth-order valence-electron chi connectivity index (χ4n) is 2.31. The number of phenols is 1. The van der Waals surface area contributed by atoms with Crippen molar-refractivity contribution in [1.82, 2.24) is 15.4 Å². The van der Waals surface area contributed by atoms with E-state index in [1.807, 2.05) is 24.3 Å². The molecule has 0 aliphatic heterocycles. The third-order valence-electron chi connectivity index (χ3n) is 3.62. The van der Waals surface area contributed by atoms with Gasteiger partial charge in [-0.25, -0.2) is 10.4 Å². The van der Waals surface area contributed by atoms with Gasteiger partial charge in [-0.15, -0.1) is 0 Å². The number of H-pyrrole nitrogens is 1. The summed E-state index contributed by atoms with van der Waals surface area (Å²) in [6, 6.07) is 9.72. The van der Waals surface area contributed by atoms with E-state index in [2.05, 4.69) is 20.5 Å². The Labute approximate surface area is 162 Å². The summed E-state index contributed by atoms with van der Waals surface area (Å²) in [6.45, 7) is 0. The molecule has 0 atom stereocenters. The molecule has 3 rings (SSSR count). The Morgan fingerprint density at radius 1 is 1.46 bits per heavy atom. The third-order valence-corrected chi connectivity index (χ3v) is 4.49. The van der Waals surface area contributed by atoms with Crippen molar-refractivity contribution in [3.8, 4) is 11.5 Å². The van der Waals surface area contributed by atoms with E-state index in [0.29, 0.717) is 5.16 Å². The number of thioether (sulfide) groups is 1. The molecule has 1 amide bonds. The lowest BCUT2D eigenvalue weighted by Gasteiger charge is -2.05. The van der Waals surface area contributed by atoms with E-state index in [9.17, 15) is 20.0 Å². The van der Waals surface area contributed by atoms with Crippen molar-refractivity contribution >= 4 is 40.6 Å². The highest BCUT2D eigenvalue weighted by Gasteiger charge is 2.16. The molecule has 0 radical (unpaired) electrons. The molecule has 0 aliphatic carbocycles. The molecule has 0 aliphatic rings. The number of hydrogen-bond donors (Lipinski definition) is 3. The number of nitro groups is 1. The number of non-ortho nitro benzene ring substituents is 1. The van der Waals surface area contributed by atoms with Crippen LogP contribution in [0, 0.1) is 10.1 Å². The van der Waals surface area contributed by atoms with Crippen molar-refractivity contribution in [3.63, 3.8) is 0 Å². The van der Waals surface area contributed by atoms with Gasteiger partial charge in [0.15, 0.2) is 16.7 Å². The van der Waals surface area contributed by atoms with Crippen LogP contribution < -0.4 is 10.2 Å². The number of nitrogens with zero attached hydrogens (tertiary/aromatic N) is 3. The van der Waals surface area contributed by atoms with Gasteiger partial charge in [0, 0.05) is 11.6 Å². The Hall–Kier alpha value is -3.60. The van der Waals surface area contributed by atoms with Crippen molar-refractivity contribution < 1.29 is 19.6 Å². The molecule has 0 saturated heterocycles. The monoisotopic (exact) mass is 401 g/mol. The first-order chi connectivity index (χ1) is 13.5. The highest BCUT2D eigenvalue weighted by Crippen LogP contribution is 2.33. The Kier molecular flexibility index (Phi) is 5.75. The highest BCUT2D eigenvalue weighted by atomic mass is 32.2. The fourth-order valence-corrected chi connectivity index (χ4v) is 2.99. The van der Waals surface area contributed by atoms with Crippen molar-refractivity contribution in [2.45, 2.75) is 5.16 Å². The molecular weight excluding hydrogens is 386 g/mol. The molecule has 28 heavy (non-hydrogen) atoms. The quantitative estimate of drug-likeness (QED) is 0.239. The van der Waals surface area contributed by atoms with Crippen LogP contribution in [0.25, 0.3) is 11.0 Å². The van der Waals surface area contributed by atoms with Gasteiger partial charge < -0.3 is 14.8 Å². The number of para-hydroxylation sites is 2. The maximum absolute atomic E-state index is 11.9. The molecule has 0 fully saturated rings. The molecule has 0 saturated carbocycles. The topological polar surface area (TPSA) is 143 Å². The van der Waals surface area contributed by atoms with E-state index in [1.165, 1.54) is 18.9 Å². The predicted octanol–water partition coefficient (Wildman–Crippen LogP) is 2.43. The first kappa shape index (κ1) is 19.2. The summed E-state index contributed by atoms with van der Waals surface area (Å²) in [4.78, 5) is 29.7. The highest BCUT2D eigenvalue weighted by molar-refractivity contribution is 7.99. The number of carbonyl (C=O) groups is 1. The summed E-state index contributed by atoms with van der Waals surface area (Å²) in [7, 11) is 1.27. The second-order valence-electron chi connectivity index (χ2n) is 5.48. The fraction of sp³-hybridized carbons (Fsp3) is 0.118. The smallest absolute Gasteiger partial charge is 0.274 e. The number of benzene rings is 2. The number of carbonyl (C=O) groups excluding carboxylic acids is 1. The number of methoxy groups -OCH3 is 1. The average Bonchev–Trinajstić information content (AvgIpc) is 3.10. The Morgan fingerprint density at radius 3 is 2.96 bits per heavy atom. The first-order valence-electron chi connectivity index (χ1n) is 7.92. The molecule has 0 bridgehead atoms. The zero-order valence-electron chi connectivity index (χ0n) is 14.6. The molecule has 0 unspecified atom stereocenters. The summed E-state index contributed by atoms with van der Waals surface area (Å²) in [5.74, 6) is -0.731. The maximum Gasteiger partial charge on any atom is 0.274 e. The van der Waals surface area contributed by atoms with Crippen LogP contribution in [0.2, 0.25) is 0 Å². The number of amides is 1. The van der Waals surface area contributed by atoms with E-state index in [4.69, 9.17) is 4.74 Å². The van der Waals surface area contributed by atoms with Gasteiger partial charge in [0.1, 0.15) is 0 Å². The van der Waals surface area contributed by atoms with Gasteiger partial charge in [-0.05, 0) is 12.1 Å². The van der Waals surface area contributed by atoms with Gasteiger partial charge in [-0.1, -0.05) is 23.9 Å². The number of rotatable bonds is 7. The number of aromatic amines is 1. The molecule has 10 nitrogen and oxygen atoms in total. The number of fused-ring (bicyclic) bond motifs is 1. The van der Waals surface area contributed by atoms with Crippen LogP contribution in [0.4, 0.5) is 5.69 Å². The zero-order chi connectivity index (χ0) is 20.1. The van der Waals surface area contributed by atoms with E-state index in [1.54, 1.807) is 0 Å². The lowest BCUT2D eigenvalue weighted by atomic mass is 10.2. The van der Waals surface area contributed by atoms with Gasteiger partial charge in [0.25, 0.3) is 11.6 Å². The molecular formula is C17H15N5O5S. The second kappa shape index (κ2) is 8.39.